The molecule has 0 spiro atoms. The Bertz CT molecular complexity index is 1240. The molecule has 124 valence electrons. The van der Waals surface area contributed by atoms with E-state index in [-0.39, 0.29) is 11.5 Å². The molecule has 0 aliphatic carbocycles. The van der Waals surface area contributed by atoms with Crippen molar-refractivity contribution in [2.24, 2.45) is 0 Å². The van der Waals surface area contributed by atoms with Crippen LogP contribution in [0.5, 0.6) is 11.5 Å². The van der Waals surface area contributed by atoms with Crippen molar-refractivity contribution in [1.82, 2.24) is 0 Å². The van der Waals surface area contributed by atoms with Crippen LogP contribution in [0.3, 0.4) is 0 Å². The molecule has 26 heavy (non-hydrogen) atoms. The van der Waals surface area contributed by atoms with Gasteiger partial charge < -0.3 is 10.2 Å². The van der Waals surface area contributed by atoms with Crippen LogP contribution < -0.4 is 0 Å². The molecule has 0 unspecified atom stereocenters. The van der Waals surface area contributed by atoms with Gasteiger partial charge in [0.1, 0.15) is 11.5 Å². The molecule has 0 heterocycles. The highest BCUT2D eigenvalue weighted by atomic mass is 16.3. The molecule has 2 N–H and O–H groups in total. The molecular weight excluding hydrogens is 324 g/mol. The summed E-state index contributed by atoms with van der Waals surface area (Å²) in [5.41, 5.74) is 2.30. The molecule has 0 amide bonds. The molecule has 4 aromatic carbocycles. The third kappa shape index (κ3) is 1.93. The number of phenolic OH excluding ortho intramolecular Hbond substituents is 2. The van der Waals surface area contributed by atoms with E-state index in [9.17, 15) is 20.7 Å². The van der Waals surface area contributed by atoms with Gasteiger partial charge >= 0.3 is 0 Å². The van der Waals surface area contributed by atoms with Crippen LogP contribution in [-0.2, 0) is 0 Å². The van der Waals surface area contributed by atoms with Gasteiger partial charge in [-0.25, -0.2) is 0 Å². The SMILES string of the molecule is Cc1c(O)ccc2c(C#N)cc3cc(C#N)c4ccc(O)c(C)c4c3c12. The first-order valence-corrected chi connectivity index (χ1v) is 8.12. The predicted molar refractivity (Wildman–Crippen MR) is 101 cm³/mol. The molecule has 0 aliphatic rings. The van der Waals surface area contributed by atoms with E-state index in [1.165, 1.54) is 0 Å². The number of hydrogen-bond acceptors (Lipinski definition) is 4. The molecule has 0 saturated carbocycles. The summed E-state index contributed by atoms with van der Waals surface area (Å²) in [5, 5.41) is 44.2. The molecule has 4 aromatic rings. The van der Waals surface area contributed by atoms with Crippen molar-refractivity contribution in [2.75, 3.05) is 0 Å². The number of benzene rings is 4. The number of nitrogens with zero attached hydrogens (tertiary/aromatic N) is 2. The molecule has 4 rings (SSSR count). The first kappa shape index (κ1) is 15.7. The molecular formula is C22H14N2O2. The van der Waals surface area contributed by atoms with E-state index in [4.69, 9.17) is 0 Å². The summed E-state index contributed by atoms with van der Waals surface area (Å²) in [6.45, 7) is 3.61. The molecule has 4 nitrogen and oxygen atoms in total. The maximum atomic E-state index is 10.3. The van der Waals surface area contributed by atoms with Crippen LogP contribution in [0.15, 0.2) is 36.4 Å². The second-order valence-corrected chi connectivity index (χ2v) is 6.43. The molecule has 0 bridgehead atoms. The zero-order valence-corrected chi connectivity index (χ0v) is 14.3. The van der Waals surface area contributed by atoms with Crippen LogP contribution in [0, 0.1) is 36.5 Å². The summed E-state index contributed by atoms with van der Waals surface area (Å²) < 4.78 is 0. The van der Waals surface area contributed by atoms with Gasteiger partial charge in [0.05, 0.1) is 23.3 Å². The van der Waals surface area contributed by atoms with Crippen LogP contribution in [-0.4, -0.2) is 10.2 Å². The van der Waals surface area contributed by atoms with Crippen molar-refractivity contribution >= 4 is 32.3 Å². The first-order valence-electron chi connectivity index (χ1n) is 8.12. The van der Waals surface area contributed by atoms with E-state index in [2.05, 4.69) is 12.1 Å². The number of aromatic hydroxyl groups is 2. The summed E-state index contributed by atoms with van der Waals surface area (Å²) in [5.74, 6) is 0.286. The van der Waals surface area contributed by atoms with Crippen molar-refractivity contribution in [3.8, 4) is 23.6 Å². The number of hydrogen-bond donors (Lipinski definition) is 2. The lowest BCUT2D eigenvalue weighted by Gasteiger charge is -2.15. The van der Waals surface area contributed by atoms with Gasteiger partial charge in [-0.15, -0.1) is 0 Å². The lowest BCUT2D eigenvalue weighted by atomic mass is 9.88. The van der Waals surface area contributed by atoms with Gasteiger partial charge in [-0.05, 0) is 82.9 Å². The Balaban J connectivity index is 2.48. The van der Waals surface area contributed by atoms with Crippen LogP contribution in [0.4, 0.5) is 0 Å². The van der Waals surface area contributed by atoms with E-state index in [1.807, 2.05) is 0 Å². The summed E-state index contributed by atoms with van der Waals surface area (Å²) in [6, 6.07) is 14.6. The Morgan fingerprint density at radius 2 is 1.12 bits per heavy atom. The normalized spacial score (nSPS) is 10.9. The van der Waals surface area contributed by atoms with Gasteiger partial charge in [-0.3, -0.25) is 0 Å². The largest absolute Gasteiger partial charge is 0.508 e. The third-order valence-corrected chi connectivity index (χ3v) is 5.08. The zero-order chi connectivity index (χ0) is 18.6. The quantitative estimate of drug-likeness (QED) is 0.446. The Kier molecular flexibility index (Phi) is 3.26. The minimum atomic E-state index is 0.143. The van der Waals surface area contributed by atoms with Crippen LogP contribution >= 0.6 is 0 Å². The van der Waals surface area contributed by atoms with Crippen molar-refractivity contribution in [1.29, 1.82) is 10.5 Å². The van der Waals surface area contributed by atoms with Gasteiger partial charge in [-0.2, -0.15) is 10.5 Å². The number of aryl methyl sites for hydroxylation is 2. The third-order valence-electron chi connectivity index (χ3n) is 5.08. The standard InChI is InChI=1S/C22H14N2O2/c1-11-18(25)5-3-16-14(9-23)7-13-8-15(10-24)17-4-6-19(26)12(2)21(17)22(13)20(11)16/h3-8,25-26H,1-2H3. The smallest absolute Gasteiger partial charge is 0.119 e. The average Bonchev–Trinajstić information content (AvgIpc) is 2.65. The predicted octanol–water partition coefficient (Wildman–Crippen LogP) is 4.92. The fourth-order valence-electron chi connectivity index (χ4n) is 3.75. The topological polar surface area (TPSA) is 88.0 Å². The fourth-order valence-corrected chi connectivity index (χ4v) is 3.75. The Hall–Kier alpha value is -3.76. The lowest BCUT2D eigenvalue weighted by molar-refractivity contribution is 0.472. The number of phenols is 2. The second-order valence-electron chi connectivity index (χ2n) is 6.43. The molecule has 0 saturated heterocycles. The summed E-state index contributed by atoms with van der Waals surface area (Å²) in [7, 11) is 0. The van der Waals surface area contributed by atoms with Crippen molar-refractivity contribution in [2.45, 2.75) is 13.8 Å². The summed E-state index contributed by atoms with van der Waals surface area (Å²) in [6.07, 6.45) is 0. The van der Waals surface area contributed by atoms with E-state index in [0.29, 0.717) is 22.3 Å². The van der Waals surface area contributed by atoms with E-state index < -0.39 is 0 Å². The van der Waals surface area contributed by atoms with Crippen molar-refractivity contribution < 1.29 is 10.2 Å². The van der Waals surface area contributed by atoms with Gasteiger partial charge in [0.25, 0.3) is 0 Å². The summed E-state index contributed by atoms with van der Waals surface area (Å²) in [4.78, 5) is 0. The van der Waals surface area contributed by atoms with Crippen molar-refractivity contribution in [3.63, 3.8) is 0 Å². The van der Waals surface area contributed by atoms with Gasteiger partial charge in [-0.1, -0.05) is 0 Å². The Morgan fingerprint density at radius 1 is 0.692 bits per heavy atom. The molecule has 0 radical (unpaired) electrons. The van der Waals surface area contributed by atoms with Gasteiger partial charge in [0.15, 0.2) is 0 Å². The second kappa shape index (κ2) is 5.37. The van der Waals surface area contributed by atoms with Crippen LogP contribution in [0.2, 0.25) is 0 Å². The highest BCUT2D eigenvalue weighted by molar-refractivity contribution is 6.24. The maximum absolute atomic E-state index is 10.3. The maximum Gasteiger partial charge on any atom is 0.119 e. The van der Waals surface area contributed by atoms with E-state index >= 15 is 0 Å². The minimum absolute atomic E-state index is 0.143. The summed E-state index contributed by atoms with van der Waals surface area (Å²) >= 11 is 0. The monoisotopic (exact) mass is 338 g/mol. The average molecular weight is 338 g/mol. The molecule has 0 aliphatic heterocycles. The van der Waals surface area contributed by atoms with Crippen LogP contribution in [0.25, 0.3) is 32.3 Å². The fraction of sp³-hybridized carbons (Fsp3) is 0.0909. The Labute approximate surface area is 149 Å². The highest BCUT2D eigenvalue weighted by Crippen LogP contribution is 2.42. The molecule has 0 fully saturated rings. The molecule has 0 atom stereocenters. The lowest BCUT2D eigenvalue weighted by Crippen LogP contribution is -1.92. The zero-order valence-electron chi connectivity index (χ0n) is 14.3. The van der Waals surface area contributed by atoms with Gasteiger partial charge in [0.2, 0.25) is 0 Å². The number of fused-ring (bicyclic) bond motifs is 5. The highest BCUT2D eigenvalue weighted by Gasteiger charge is 2.17. The number of rotatable bonds is 0. The van der Waals surface area contributed by atoms with Gasteiger partial charge in [0, 0.05) is 10.8 Å². The van der Waals surface area contributed by atoms with E-state index in [0.717, 1.165) is 32.3 Å². The number of nitriles is 2. The minimum Gasteiger partial charge on any atom is -0.508 e. The van der Waals surface area contributed by atoms with Crippen molar-refractivity contribution in [3.05, 3.63) is 58.7 Å². The first-order chi connectivity index (χ1) is 12.5. The molecule has 0 aromatic heterocycles. The molecule has 4 heteroatoms. The Morgan fingerprint density at radius 3 is 1.50 bits per heavy atom. The van der Waals surface area contributed by atoms with E-state index in [1.54, 1.807) is 50.2 Å². The van der Waals surface area contributed by atoms with Crippen LogP contribution in [0.1, 0.15) is 22.3 Å².